The maximum absolute atomic E-state index is 5.84. The number of hydrogen-bond donors (Lipinski definition) is 0. The summed E-state index contributed by atoms with van der Waals surface area (Å²) in [4.78, 5) is 12.2. The van der Waals surface area contributed by atoms with Gasteiger partial charge in [0.1, 0.15) is 11.6 Å². The number of aromatic nitrogens is 3. The van der Waals surface area contributed by atoms with Crippen LogP contribution in [-0.2, 0) is 20.4 Å². The van der Waals surface area contributed by atoms with E-state index in [9.17, 15) is 0 Å². The zero-order valence-electron chi connectivity index (χ0n) is 12.2. The fraction of sp³-hybridized carbons (Fsp3) is 0.357. The topological polar surface area (TPSA) is 47.9 Å². The number of halogens is 6. The van der Waals surface area contributed by atoms with E-state index in [1.807, 2.05) is 24.3 Å². The lowest BCUT2D eigenvalue weighted by Crippen LogP contribution is -2.18. The number of rotatable bonds is 4. The molecule has 0 N–H and O–H groups in total. The van der Waals surface area contributed by atoms with Crippen molar-refractivity contribution in [3.05, 3.63) is 47.3 Å². The Kier molecular flexibility index (Phi) is 6.68. The summed E-state index contributed by atoms with van der Waals surface area (Å²) in [6.45, 7) is 0. The van der Waals surface area contributed by atoms with Gasteiger partial charge in [0.2, 0.25) is 7.59 Å². The summed E-state index contributed by atoms with van der Waals surface area (Å²) < 4.78 is 1.43. The molecule has 0 aliphatic carbocycles. The molecular weight excluding hydrogens is 439 g/mol. The van der Waals surface area contributed by atoms with Crippen LogP contribution >= 0.6 is 69.6 Å². The Bertz CT molecular complexity index is 665. The lowest BCUT2D eigenvalue weighted by molar-refractivity contribution is 0.414. The van der Waals surface area contributed by atoms with E-state index in [0.29, 0.717) is 18.7 Å². The van der Waals surface area contributed by atoms with Crippen molar-refractivity contribution < 1.29 is 4.74 Å². The van der Waals surface area contributed by atoms with Crippen LogP contribution in [0, 0.1) is 0 Å². The molecule has 2 rings (SSSR count). The van der Waals surface area contributed by atoms with Gasteiger partial charge < -0.3 is 4.74 Å². The molecule has 0 atom stereocenters. The van der Waals surface area contributed by atoms with Crippen LogP contribution in [0.25, 0.3) is 0 Å². The van der Waals surface area contributed by atoms with Crippen LogP contribution in [0.3, 0.4) is 0 Å². The second kappa shape index (κ2) is 7.98. The van der Waals surface area contributed by atoms with Gasteiger partial charge in [-0.05, 0) is 24.1 Å². The van der Waals surface area contributed by atoms with Gasteiger partial charge in [0.05, 0.1) is 7.11 Å². The molecule has 0 aliphatic heterocycles. The number of benzene rings is 1. The minimum Gasteiger partial charge on any atom is -0.497 e. The summed E-state index contributed by atoms with van der Waals surface area (Å²) in [6, 6.07) is 7.60. The fourth-order valence-corrected chi connectivity index (χ4v) is 2.34. The van der Waals surface area contributed by atoms with Gasteiger partial charge in [-0.3, -0.25) is 0 Å². The number of nitrogens with zero attached hydrogens (tertiary/aromatic N) is 3. The summed E-state index contributed by atoms with van der Waals surface area (Å²) in [5.41, 5.74) is 1.06. The van der Waals surface area contributed by atoms with Crippen LogP contribution < -0.4 is 4.74 Å². The van der Waals surface area contributed by atoms with Gasteiger partial charge in [0.25, 0.3) is 0 Å². The van der Waals surface area contributed by atoms with Crippen LogP contribution in [0.1, 0.15) is 23.0 Å². The number of aryl methyl sites for hydroxylation is 2. The highest BCUT2D eigenvalue weighted by atomic mass is 35.6. The first-order valence-corrected chi connectivity index (χ1v) is 8.88. The highest BCUT2D eigenvalue weighted by Crippen LogP contribution is 2.39. The van der Waals surface area contributed by atoms with Crippen molar-refractivity contribution in [1.82, 2.24) is 15.0 Å². The third-order valence-corrected chi connectivity index (χ3v) is 4.00. The van der Waals surface area contributed by atoms with E-state index >= 15 is 0 Å². The van der Waals surface area contributed by atoms with Crippen molar-refractivity contribution in [2.24, 2.45) is 0 Å². The van der Waals surface area contributed by atoms with Crippen molar-refractivity contribution in [2.75, 3.05) is 7.11 Å². The van der Waals surface area contributed by atoms with Gasteiger partial charge in [0.15, 0.2) is 11.6 Å². The van der Waals surface area contributed by atoms with E-state index in [1.54, 1.807) is 7.11 Å². The minimum atomic E-state index is -1.84. The average Bonchev–Trinajstić information content (AvgIpc) is 2.51. The first-order valence-electron chi connectivity index (χ1n) is 6.62. The van der Waals surface area contributed by atoms with E-state index in [0.717, 1.165) is 11.3 Å². The van der Waals surface area contributed by atoms with E-state index in [1.165, 1.54) is 0 Å². The van der Waals surface area contributed by atoms with Gasteiger partial charge in [-0.1, -0.05) is 81.7 Å². The quantitative estimate of drug-likeness (QED) is 0.593. The first-order chi connectivity index (χ1) is 11.1. The molecule has 0 aliphatic rings. The van der Waals surface area contributed by atoms with Crippen molar-refractivity contribution in [3.63, 3.8) is 0 Å². The minimum absolute atomic E-state index is 0.0893. The predicted molar refractivity (Wildman–Crippen MR) is 98.7 cm³/mol. The normalized spacial score (nSPS) is 12.3. The lowest BCUT2D eigenvalue weighted by Gasteiger charge is -2.15. The maximum Gasteiger partial charge on any atom is 0.250 e. The van der Waals surface area contributed by atoms with Gasteiger partial charge in [-0.2, -0.15) is 0 Å². The standard InChI is InChI=1S/C14H11Cl6N3O/c1-24-9-5-2-8(3-6-9)4-7-10-21-11(13(15,16)17)23-12(22-10)14(18,19)20/h2-3,5-6H,4,7H2,1H3. The third-order valence-electron chi connectivity index (χ3n) is 2.99. The Morgan fingerprint density at radius 3 is 1.71 bits per heavy atom. The van der Waals surface area contributed by atoms with E-state index in [4.69, 9.17) is 74.3 Å². The molecule has 24 heavy (non-hydrogen) atoms. The van der Waals surface area contributed by atoms with Gasteiger partial charge in [-0.25, -0.2) is 15.0 Å². The van der Waals surface area contributed by atoms with Crippen LogP contribution in [-0.4, -0.2) is 22.1 Å². The van der Waals surface area contributed by atoms with Crippen LogP contribution in [0.4, 0.5) is 0 Å². The number of hydrogen-bond acceptors (Lipinski definition) is 4. The molecule has 4 nitrogen and oxygen atoms in total. The van der Waals surface area contributed by atoms with Crippen molar-refractivity contribution in [3.8, 4) is 5.75 Å². The number of ether oxygens (including phenoxy) is 1. The van der Waals surface area contributed by atoms with E-state index in [2.05, 4.69) is 15.0 Å². The zero-order chi connectivity index (χ0) is 18.0. The molecule has 2 aromatic rings. The second-order valence-electron chi connectivity index (χ2n) is 4.74. The molecular formula is C14H11Cl6N3O. The Morgan fingerprint density at radius 1 is 0.792 bits per heavy atom. The molecule has 0 fully saturated rings. The predicted octanol–water partition coefficient (Wildman–Crippen LogP) is 5.32. The highest BCUT2D eigenvalue weighted by Gasteiger charge is 2.33. The Balaban J connectivity index is 2.24. The van der Waals surface area contributed by atoms with Gasteiger partial charge in [-0.15, -0.1) is 0 Å². The summed E-state index contributed by atoms with van der Waals surface area (Å²) >= 11 is 35.0. The van der Waals surface area contributed by atoms with Crippen LogP contribution in [0.2, 0.25) is 0 Å². The molecule has 0 saturated carbocycles. The molecule has 130 valence electrons. The summed E-state index contributed by atoms with van der Waals surface area (Å²) in [7, 11) is 1.61. The Morgan fingerprint density at radius 2 is 1.29 bits per heavy atom. The largest absolute Gasteiger partial charge is 0.497 e. The Labute approximate surface area is 169 Å². The molecule has 1 heterocycles. The third kappa shape index (κ3) is 5.65. The van der Waals surface area contributed by atoms with E-state index in [-0.39, 0.29) is 11.6 Å². The van der Waals surface area contributed by atoms with E-state index < -0.39 is 7.59 Å². The van der Waals surface area contributed by atoms with Crippen molar-refractivity contribution in [1.29, 1.82) is 0 Å². The fourth-order valence-electron chi connectivity index (χ4n) is 1.83. The molecule has 0 radical (unpaired) electrons. The summed E-state index contributed by atoms with van der Waals surface area (Å²) in [5.74, 6) is 0.960. The first kappa shape index (κ1) is 20.1. The molecule has 10 heteroatoms. The number of methoxy groups -OCH3 is 1. The molecule has 0 amide bonds. The Hall–Kier alpha value is -0.230. The SMILES string of the molecule is COc1ccc(CCc2nc(C(Cl)(Cl)Cl)nc(C(Cl)(Cl)Cl)n2)cc1. The zero-order valence-corrected chi connectivity index (χ0v) is 16.8. The monoisotopic (exact) mass is 447 g/mol. The maximum atomic E-state index is 5.84. The second-order valence-corrected chi connectivity index (χ2v) is 9.30. The van der Waals surface area contributed by atoms with Crippen molar-refractivity contribution >= 4 is 69.6 Å². The molecule has 0 spiro atoms. The molecule has 0 saturated heterocycles. The molecule has 1 aromatic carbocycles. The molecule has 0 unspecified atom stereocenters. The number of alkyl halides is 6. The van der Waals surface area contributed by atoms with Gasteiger partial charge in [0, 0.05) is 6.42 Å². The lowest BCUT2D eigenvalue weighted by atomic mass is 10.1. The highest BCUT2D eigenvalue weighted by molar-refractivity contribution is 6.67. The smallest absolute Gasteiger partial charge is 0.250 e. The van der Waals surface area contributed by atoms with Crippen molar-refractivity contribution in [2.45, 2.75) is 20.4 Å². The summed E-state index contributed by atoms with van der Waals surface area (Å²) in [6.07, 6.45) is 1.10. The average molecular weight is 450 g/mol. The van der Waals surface area contributed by atoms with Crippen LogP contribution in [0.15, 0.2) is 24.3 Å². The molecule has 0 bridgehead atoms. The van der Waals surface area contributed by atoms with Crippen LogP contribution in [0.5, 0.6) is 5.75 Å². The molecule has 1 aromatic heterocycles. The summed E-state index contributed by atoms with van der Waals surface area (Å²) in [5, 5.41) is 0. The van der Waals surface area contributed by atoms with Gasteiger partial charge >= 0.3 is 0 Å².